The summed E-state index contributed by atoms with van der Waals surface area (Å²) in [6.45, 7) is 0. The Morgan fingerprint density at radius 2 is 2.33 bits per heavy atom. The summed E-state index contributed by atoms with van der Waals surface area (Å²) in [5.74, 6) is 0. The average molecular weight is 118 g/mol. The number of rotatable bonds is 0. The number of hydrogen-bond acceptors (Lipinski definition) is 2. The Bertz CT molecular complexity index is 295. The van der Waals surface area contributed by atoms with Gasteiger partial charge < -0.3 is 0 Å². The zero-order valence-corrected chi connectivity index (χ0v) is 4.65. The Hall–Kier alpha value is -1.38. The molecule has 1 aliphatic rings. The van der Waals surface area contributed by atoms with Crippen LogP contribution in [-0.2, 0) is 0 Å². The van der Waals surface area contributed by atoms with Gasteiger partial charge in [-0.05, 0) is 6.07 Å². The third kappa shape index (κ3) is 0.579. The van der Waals surface area contributed by atoms with E-state index >= 15 is 0 Å². The molecule has 1 aliphatic heterocycles. The highest BCUT2D eigenvalue weighted by atomic mass is 15.3. The zero-order valence-electron chi connectivity index (χ0n) is 4.65. The summed E-state index contributed by atoms with van der Waals surface area (Å²) in [5.41, 5.74) is 3.71. The number of nitrogens with zero attached hydrogens (tertiary/aromatic N) is 3. The molecule has 3 nitrogen and oxygen atoms in total. The van der Waals surface area contributed by atoms with Gasteiger partial charge in [0, 0.05) is 11.4 Å². The van der Waals surface area contributed by atoms with E-state index in [9.17, 15) is 0 Å². The highest BCUT2D eigenvalue weighted by Gasteiger charge is 1.91. The minimum Gasteiger partial charge on any atom is -0.262 e. The van der Waals surface area contributed by atoms with Crippen LogP contribution < -0.4 is 16.0 Å². The maximum Gasteiger partial charge on any atom is 0.113 e. The molecule has 3 heteroatoms. The lowest BCUT2D eigenvalue weighted by Gasteiger charge is -1.75. The normalized spacial score (nSPS) is 12.9. The quantitative estimate of drug-likeness (QED) is 0.429. The maximum atomic E-state index is 3.88. The molecule has 0 bridgehead atoms. The molecule has 0 aliphatic carbocycles. The van der Waals surface area contributed by atoms with Crippen molar-refractivity contribution in [2.24, 2.45) is 5.10 Å². The highest BCUT2D eigenvalue weighted by molar-refractivity contribution is 5.21. The molecule has 9 heavy (non-hydrogen) atoms. The van der Waals surface area contributed by atoms with Crippen molar-refractivity contribution >= 4 is 6.20 Å². The lowest BCUT2D eigenvalue weighted by molar-refractivity contribution is 0.974. The fraction of sp³-hybridized carbons (Fsp3) is 0. The number of pyridine rings is 1. The van der Waals surface area contributed by atoms with E-state index < -0.39 is 0 Å². The summed E-state index contributed by atoms with van der Waals surface area (Å²) in [5, 5.41) is 5.71. The van der Waals surface area contributed by atoms with Crippen LogP contribution in [-0.4, -0.2) is 4.98 Å². The average Bonchev–Trinajstić information content (AvgIpc) is 2.33. The second-order valence-electron chi connectivity index (χ2n) is 1.78. The van der Waals surface area contributed by atoms with Crippen molar-refractivity contribution < 1.29 is 0 Å². The third-order valence-corrected chi connectivity index (χ3v) is 1.20. The van der Waals surface area contributed by atoms with Crippen LogP contribution >= 0.6 is 0 Å². The van der Waals surface area contributed by atoms with Crippen LogP contribution in [0.3, 0.4) is 0 Å². The van der Waals surface area contributed by atoms with Gasteiger partial charge in [-0.15, -0.1) is 5.10 Å². The highest BCUT2D eigenvalue weighted by Crippen LogP contribution is 1.70. The molecule has 0 atom stereocenters. The third-order valence-electron chi connectivity index (χ3n) is 1.20. The first-order valence-corrected chi connectivity index (χ1v) is 2.65. The summed E-state index contributed by atoms with van der Waals surface area (Å²) >= 11 is 0. The Labute approximate surface area is 51.7 Å². The van der Waals surface area contributed by atoms with Gasteiger partial charge in [0.1, 0.15) is 5.36 Å². The van der Waals surface area contributed by atoms with Gasteiger partial charge in [-0.25, -0.2) is 0 Å². The van der Waals surface area contributed by atoms with E-state index in [1.54, 1.807) is 18.6 Å². The molecule has 0 N–H and O–H groups in total. The van der Waals surface area contributed by atoms with Gasteiger partial charge in [0.25, 0.3) is 0 Å². The molecule has 0 amide bonds. The topological polar surface area (TPSA) is 39.4 Å². The van der Waals surface area contributed by atoms with Crippen molar-refractivity contribution in [2.45, 2.75) is 0 Å². The Morgan fingerprint density at radius 3 is 3.22 bits per heavy atom. The van der Waals surface area contributed by atoms with Gasteiger partial charge in [0.15, 0.2) is 0 Å². The smallest absolute Gasteiger partial charge is 0.113 e. The van der Waals surface area contributed by atoms with Crippen molar-refractivity contribution in [2.75, 3.05) is 0 Å². The second-order valence-corrected chi connectivity index (χ2v) is 1.78. The first kappa shape index (κ1) is 4.49. The summed E-state index contributed by atoms with van der Waals surface area (Å²) in [7, 11) is 0. The molecule has 0 saturated heterocycles. The molecule has 0 saturated carbocycles. The van der Waals surface area contributed by atoms with E-state index in [1.807, 2.05) is 6.07 Å². The maximum absolute atomic E-state index is 3.88. The molecule has 0 unspecified atom stereocenters. The van der Waals surface area contributed by atoms with E-state index in [4.69, 9.17) is 0 Å². The summed E-state index contributed by atoms with van der Waals surface area (Å²) < 4.78 is 0. The molecule has 0 aromatic carbocycles. The number of aromatic nitrogens is 1. The first-order valence-electron chi connectivity index (χ1n) is 2.65. The molecule has 1 radical (unpaired) electrons. The van der Waals surface area contributed by atoms with Crippen molar-refractivity contribution in [3.63, 3.8) is 0 Å². The van der Waals surface area contributed by atoms with E-state index in [0.29, 0.717) is 0 Å². The molecule has 1 aromatic rings. The fourth-order valence-corrected chi connectivity index (χ4v) is 0.743. The van der Waals surface area contributed by atoms with Crippen LogP contribution in [0.4, 0.5) is 0 Å². The van der Waals surface area contributed by atoms with Gasteiger partial charge in [0.2, 0.25) is 0 Å². The lowest BCUT2D eigenvalue weighted by atomic mass is 10.4. The first-order chi connectivity index (χ1) is 4.47. The predicted molar refractivity (Wildman–Crippen MR) is 31.6 cm³/mol. The Morgan fingerprint density at radius 1 is 1.33 bits per heavy atom. The van der Waals surface area contributed by atoms with Gasteiger partial charge in [0.05, 0.1) is 12.4 Å². The van der Waals surface area contributed by atoms with E-state index in [1.165, 1.54) is 0 Å². The molecular weight excluding hydrogens is 114 g/mol. The van der Waals surface area contributed by atoms with Crippen molar-refractivity contribution in [1.82, 2.24) is 10.4 Å². The molecule has 2 heterocycles. The number of fused-ring (bicyclic) bond motifs is 1. The van der Waals surface area contributed by atoms with E-state index in [0.717, 1.165) is 10.6 Å². The minimum absolute atomic E-state index is 0.859. The number of hydrogen-bond donors (Lipinski definition) is 0. The Kier molecular flexibility index (Phi) is 0.773. The fourth-order valence-electron chi connectivity index (χ4n) is 0.743. The van der Waals surface area contributed by atoms with Crippen LogP contribution in [0.15, 0.2) is 23.6 Å². The monoisotopic (exact) mass is 118 g/mol. The van der Waals surface area contributed by atoms with Crippen molar-refractivity contribution in [1.29, 1.82) is 0 Å². The van der Waals surface area contributed by atoms with Crippen LogP contribution in [0, 0.1) is 0 Å². The van der Waals surface area contributed by atoms with Gasteiger partial charge in [-0.3, -0.25) is 4.98 Å². The molecule has 0 spiro atoms. The largest absolute Gasteiger partial charge is 0.262 e. The summed E-state index contributed by atoms with van der Waals surface area (Å²) in [4.78, 5) is 3.88. The predicted octanol–water partition coefficient (Wildman–Crippen LogP) is -1.03. The van der Waals surface area contributed by atoms with Crippen LogP contribution in [0.2, 0.25) is 0 Å². The minimum atomic E-state index is 0.859. The molecule has 43 valence electrons. The van der Waals surface area contributed by atoms with E-state index in [-0.39, 0.29) is 0 Å². The summed E-state index contributed by atoms with van der Waals surface area (Å²) in [6.07, 6.45) is 5.14. The van der Waals surface area contributed by atoms with Gasteiger partial charge in [-0.2, -0.15) is 5.43 Å². The molecule has 1 aromatic heterocycles. The Balaban J connectivity index is 2.97. The van der Waals surface area contributed by atoms with Crippen LogP contribution in [0.1, 0.15) is 0 Å². The lowest BCUT2D eigenvalue weighted by Crippen LogP contribution is -2.20. The SMILES string of the molecule is C1=c2ccncc2=N[N]1. The molecule has 2 rings (SSSR count). The molecule has 0 fully saturated rings. The van der Waals surface area contributed by atoms with Gasteiger partial charge >= 0.3 is 0 Å². The van der Waals surface area contributed by atoms with Crippen molar-refractivity contribution in [3.8, 4) is 0 Å². The van der Waals surface area contributed by atoms with Gasteiger partial charge in [-0.1, -0.05) is 0 Å². The standard InChI is InChI=1S/C6H4N3/c1-2-7-4-6-5(1)3-8-9-6/h1-4H. The van der Waals surface area contributed by atoms with Crippen LogP contribution in [0.25, 0.3) is 6.20 Å². The summed E-state index contributed by atoms with van der Waals surface area (Å²) in [6, 6.07) is 1.88. The van der Waals surface area contributed by atoms with Crippen molar-refractivity contribution in [3.05, 3.63) is 29.0 Å². The zero-order chi connectivity index (χ0) is 6.10. The molecular formula is C6H4N3. The second kappa shape index (κ2) is 1.55. The van der Waals surface area contributed by atoms with Crippen LogP contribution in [0.5, 0.6) is 0 Å². The van der Waals surface area contributed by atoms with E-state index in [2.05, 4.69) is 15.5 Å².